The third-order valence-corrected chi connectivity index (χ3v) is 5.08. The summed E-state index contributed by atoms with van der Waals surface area (Å²) in [6, 6.07) is -1.15. The smallest absolute Gasteiger partial charge is 0.550 e. The molecule has 0 aromatic rings. The third kappa shape index (κ3) is 26.9. The van der Waals surface area contributed by atoms with Gasteiger partial charge in [-0.2, -0.15) is 0 Å². The molecule has 0 heterocycles. The molecule has 0 unspecified atom stereocenters. The van der Waals surface area contributed by atoms with Crippen LogP contribution < -0.4 is 74.6 Å². The minimum absolute atomic E-state index is 0. The molecular formula is C22H41NNa2O4. The zero-order valence-corrected chi connectivity index (χ0v) is 23.4. The van der Waals surface area contributed by atoms with Gasteiger partial charge in [-0.3, -0.25) is 0 Å². The van der Waals surface area contributed by atoms with Gasteiger partial charge in [-0.1, -0.05) is 103 Å². The summed E-state index contributed by atoms with van der Waals surface area (Å²) in [4.78, 5) is 21.2. The van der Waals surface area contributed by atoms with Crippen molar-refractivity contribution >= 4 is 11.9 Å². The molecule has 7 heteroatoms. The van der Waals surface area contributed by atoms with Crippen molar-refractivity contribution in [3.63, 3.8) is 0 Å². The summed E-state index contributed by atoms with van der Waals surface area (Å²) < 4.78 is 0. The molecule has 0 radical (unpaired) electrons. The van der Waals surface area contributed by atoms with Crippen molar-refractivity contribution in [2.45, 2.75) is 122 Å². The van der Waals surface area contributed by atoms with Crippen molar-refractivity contribution in [3.05, 3.63) is 0 Å². The van der Waals surface area contributed by atoms with Gasteiger partial charge in [0, 0.05) is 12.4 Å². The summed E-state index contributed by atoms with van der Waals surface area (Å²) in [5.41, 5.74) is 0. The van der Waals surface area contributed by atoms with Crippen LogP contribution in [-0.4, -0.2) is 24.5 Å². The average Bonchev–Trinajstić information content (AvgIpc) is 2.62. The number of carboxylic acid groups (broad SMARTS) is 2. The Hall–Kier alpha value is 0.900. The van der Waals surface area contributed by atoms with Crippen LogP contribution in [0.3, 0.4) is 0 Å². The maximum Gasteiger partial charge on any atom is 1.00 e. The number of hydrogen-bond donors (Lipinski definition) is 1. The number of carbonyl (C=O) groups excluding carboxylic acids is 2. The van der Waals surface area contributed by atoms with Crippen LogP contribution in [0.2, 0.25) is 0 Å². The zero-order valence-electron chi connectivity index (χ0n) is 19.4. The van der Waals surface area contributed by atoms with Crippen molar-refractivity contribution in [1.82, 2.24) is 5.32 Å². The van der Waals surface area contributed by atoms with Gasteiger partial charge in [0.2, 0.25) is 0 Å². The summed E-state index contributed by atoms with van der Waals surface area (Å²) in [5, 5.41) is 23.9. The van der Waals surface area contributed by atoms with Gasteiger partial charge in [-0.25, -0.2) is 0 Å². The fraction of sp³-hybridized carbons (Fsp3) is 0.909. The fourth-order valence-corrected chi connectivity index (χ4v) is 3.35. The average molecular weight is 430 g/mol. The zero-order chi connectivity index (χ0) is 20.2. The van der Waals surface area contributed by atoms with Crippen LogP contribution in [-0.2, 0) is 9.59 Å². The molecule has 0 aliphatic carbocycles. The van der Waals surface area contributed by atoms with Crippen molar-refractivity contribution < 1.29 is 78.9 Å². The van der Waals surface area contributed by atoms with Crippen molar-refractivity contribution in [3.8, 4) is 0 Å². The Morgan fingerprint density at radius 2 is 1.00 bits per heavy atom. The first-order chi connectivity index (χ1) is 13.1. The number of carbonyl (C=O) groups is 2. The number of rotatable bonds is 21. The van der Waals surface area contributed by atoms with Crippen molar-refractivity contribution in [2.24, 2.45) is 0 Å². The van der Waals surface area contributed by atoms with Crippen LogP contribution in [0.1, 0.15) is 116 Å². The number of unbranched alkanes of at least 4 members (excludes halogenated alkanes) is 15. The minimum atomic E-state index is -1.38. The molecule has 0 aromatic carbocycles. The van der Waals surface area contributed by atoms with Gasteiger partial charge < -0.3 is 25.1 Å². The van der Waals surface area contributed by atoms with E-state index < -0.39 is 24.4 Å². The van der Waals surface area contributed by atoms with Crippen LogP contribution in [0.5, 0.6) is 0 Å². The third-order valence-electron chi connectivity index (χ3n) is 5.08. The Morgan fingerprint density at radius 3 is 1.31 bits per heavy atom. The van der Waals surface area contributed by atoms with E-state index in [-0.39, 0.29) is 59.1 Å². The summed E-state index contributed by atoms with van der Waals surface area (Å²) in [6.45, 7) is 2.76. The van der Waals surface area contributed by atoms with E-state index in [1.807, 2.05) is 0 Å². The first-order valence-corrected chi connectivity index (χ1v) is 11.2. The van der Waals surface area contributed by atoms with Crippen molar-refractivity contribution in [2.75, 3.05) is 6.54 Å². The van der Waals surface area contributed by atoms with Gasteiger partial charge in [0.25, 0.3) is 0 Å². The summed E-state index contributed by atoms with van der Waals surface area (Å²) in [5.74, 6) is -2.75. The van der Waals surface area contributed by atoms with E-state index in [0.717, 1.165) is 19.3 Å². The van der Waals surface area contributed by atoms with Gasteiger partial charge >= 0.3 is 59.1 Å². The predicted octanol–water partition coefficient (Wildman–Crippen LogP) is -2.90. The molecule has 0 amide bonds. The molecule has 5 nitrogen and oxygen atoms in total. The normalized spacial score (nSPS) is 11.3. The fourth-order valence-electron chi connectivity index (χ4n) is 3.35. The quantitative estimate of drug-likeness (QED) is 0.156. The van der Waals surface area contributed by atoms with Crippen LogP contribution in [0.15, 0.2) is 0 Å². The SMILES string of the molecule is CCCCCCCCCCCCCCCCCCN[C@@H](CC(=O)[O-])C(=O)[O-].[Na+].[Na+]. The maximum atomic E-state index is 10.8. The first-order valence-electron chi connectivity index (χ1n) is 11.2. The van der Waals surface area contributed by atoms with E-state index in [1.54, 1.807) is 0 Å². The molecule has 0 saturated heterocycles. The summed E-state index contributed by atoms with van der Waals surface area (Å²) in [7, 11) is 0. The standard InChI is InChI=1S/C22H43NO4.2Na/c1-2-3-4-5-6-7-8-9-10-11-12-13-14-15-16-17-18-23-20(22(26)27)19-21(24)25;;/h20,23H,2-19H2,1H3,(H,24,25)(H,26,27);;/q;2*+1/p-2/t20-;;/m0../s1. The van der Waals surface area contributed by atoms with Gasteiger partial charge in [-0.05, 0) is 13.0 Å². The second-order valence-electron chi connectivity index (χ2n) is 7.71. The maximum absolute atomic E-state index is 10.8. The number of nitrogens with one attached hydrogen (secondary N) is 1. The van der Waals surface area contributed by atoms with E-state index in [9.17, 15) is 19.8 Å². The summed E-state index contributed by atoms with van der Waals surface area (Å²) in [6.07, 6.45) is 20.1. The Kier molecular flexibility index (Phi) is 32.1. The topological polar surface area (TPSA) is 92.3 Å². The molecule has 0 rings (SSSR count). The van der Waals surface area contributed by atoms with E-state index in [2.05, 4.69) is 12.2 Å². The van der Waals surface area contributed by atoms with Gasteiger partial charge in [-0.15, -0.1) is 0 Å². The first kappa shape index (κ1) is 34.5. The Labute approximate surface area is 223 Å². The summed E-state index contributed by atoms with van der Waals surface area (Å²) >= 11 is 0. The number of hydrogen-bond acceptors (Lipinski definition) is 5. The van der Waals surface area contributed by atoms with Gasteiger partial charge in [0.05, 0.1) is 12.0 Å². The monoisotopic (exact) mass is 429 g/mol. The van der Waals surface area contributed by atoms with E-state index in [1.165, 1.54) is 83.5 Å². The molecule has 0 aliphatic heterocycles. The molecule has 1 atom stereocenters. The van der Waals surface area contributed by atoms with E-state index in [4.69, 9.17) is 0 Å². The van der Waals surface area contributed by atoms with Crippen LogP contribution in [0.25, 0.3) is 0 Å². The second-order valence-corrected chi connectivity index (χ2v) is 7.71. The van der Waals surface area contributed by atoms with E-state index in [0.29, 0.717) is 6.54 Å². The Balaban J connectivity index is -0.00000338. The Bertz CT molecular complexity index is 371. The molecule has 0 aliphatic rings. The van der Waals surface area contributed by atoms with Crippen molar-refractivity contribution in [1.29, 1.82) is 0 Å². The molecule has 160 valence electrons. The minimum Gasteiger partial charge on any atom is -0.550 e. The predicted molar refractivity (Wildman–Crippen MR) is 106 cm³/mol. The van der Waals surface area contributed by atoms with Gasteiger partial charge in [0.1, 0.15) is 0 Å². The molecule has 0 fully saturated rings. The second kappa shape index (κ2) is 26.9. The van der Waals surface area contributed by atoms with Gasteiger partial charge in [0.15, 0.2) is 0 Å². The largest absolute Gasteiger partial charge is 1.00 e. The van der Waals surface area contributed by atoms with Crippen LogP contribution >= 0.6 is 0 Å². The van der Waals surface area contributed by atoms with Crippen LogP contribution in [0, 0.1) is 0 Å². The number of carboxylic acids is 2. The molecule has 0 spiro atoms. The molecule has 0 bridgehead atoms. The molecule has 1 N–H and O–H groups in total. The molecule has 0 saturated carbocycles. The molecular weight excluding hydrogens is 388 g/mol. The van der Waals surface area contributed by atoms with Crippen LogP contribution in [0.4, 0.5) is 0 Å². The Morgan fingerprint density at radius 1 is 0.655 bits per heavy atom. The number of aliphatic carboxylic acids is 2. The molecule has 0 aromatic heterocycles. The van der Waals surface area contributed by atoms with E-state index >= 15 is 0 Å². The molecule has 29 heavy (non-hydrogen) atoms.